The van der Waals surface area contributed by atoms with Gasteiger partial charge in [0.05, 0.1) is 17.6 Å². The predicted octanol–water partition coefficient (Wildman–Crippen LogP) is 4.84. The van der Waals surface area contributed by atoms with E-state index >= 15 is 0 Å². The number of nitrogens with zero attached hydrogens (tertiary/aromatic N) is 4. The molecule has 1 aromatic heterocycles. The molecule has 2 fully saturated rings. The fourth-order valence-electron chi connectivity index (χ4n) is 6.83. The van der Waals surface area contributed by atoms with Crippen LogP contribution in [0.5, 0.6) is 0 Å². The normalized spacial score (nSPS) is 20.2. The van der Waals surface area contributed by atoms with Crippen molar-refractivity contribution in [1.29, 1.82) is 0 Å². The van der Waals surface area contributed by atoms with Crippen molar-refractivity contribution in [3.63, 3.8) is 0 Å². The van der Waals surface area contributed by atoms with Crippen LogP contribution in [0.3, 0.4) is 0 Å². The highest BCUT2D eigenvalue weighted by molar-refractivity contribution is 5.89. The van der Waals surface area contributed by atoms with Gasteiger partial charge < -0.3 is 25.4 Å². The van der Waals surface area contributed by atoms with Crippen LogP contribution in [-0.4, -0.2) is 59.0 Å². The second-order valence-corrected chi connectivity index (χ2v) is 11.9. The fourth-order valence-corrected chi connectivity index (χ4v) is 6.83. The van der Waals surface area contributed by atoms with Gasteiger partial charge in [-0.1, -0.05) is 86.5 Å². The molecule has 2 heterocycles. The molecule has 1 saturated carbocycles. The van der Waals surface area contributed by atoms with E-state index in [0.29, 0.717) is 5.56 Å². The van der Waals surface area contributed by atoms with Crippen LogP contribution in [0.1, 0.15) is 61.3 Å². The molecule has 1 unspecified atom stereocenters. The number of nitrogens with one attached hydrogen (secondary N) is 1. The van der Waals surface area contributed by atoms with Gasteiger partial charge in [-0.25, -0.2) is 4.98 Å². The Morgan fingerprint density at radius 3 is 2.33 bits per heavy atom. The summed E-state index contributed by atoms with van der Waals surface area (Å²) < 4.78 is 2.34. The number of nitrogens with two attached hydrogens (primary N) is 1. The minimum absolute atomic E-state index is 0.0980. The number of primary amides is 1. The molecule has 0 bridgehead atoms. The SMILES string of the molecule is CCN1CCN(c2nc3ccccc3n2Cc2ccc(C3CCCC[C@H]3C(=O)N[C@H](C(N)=O)c3ccccc3)cc2)CC1. The monoisotopic (exact) mass is 578 g/mol. The summed E-state index contributed by atoms with van der Waals surface area (Å²) >= 11 is 0. The maximum atomic E-state index is 13.6. The van der Waals surface area contributed by atoms with Crippen molar-refractivity contribution >= 4 is 28.8 Å². The molecule has 8 heteroatoms. The van der Waals surface area contributed by atoms with Gasteiger partial charge in [0.2, 0.25) is 17.8 Å². The fraction of sp³-hybridized carbons (Fsp3) is 0.400. The number of aromatic nitrogens is 2. The maximum absolute atomic E-state index is 13.6. The Hall–Kier alpha value is -4.17. The van der Waals surface area contributed by atoms with Gasteiger partial charge in [-0.2, -0.15) is 0 Å². The van der Waals surface area contributed by atoms with Gasteiger partial charge in [-0.15, -0.1) is 0 Å². The van der Waals surface area contributed by atoms with Crippen LogP contribution in [-0.2, 0) is 16.1 Å². The Labute approximate surface area is 253 Å². The number of hydrogen-bond acceptors (Lipinski definition) is 5. The summed E-state index contributed by atoms with van der Waals surface area (Å²) in [6.07, 6.45) is 3.84. The van der Waals surface area contributed by atoms with Crippen LogP contribution in [0.4, 0.5) is 5.95 Å². The van der Waals surface area contributed by atoms with Gasteiger partial charge in [-0.05, 0) is 54.1 Å². The molecule has 8 nitrogen and oxygen atoms in total. The van der Waals surface area contributed by atoms with Crippen molar-refractivity contribution in [2.24, 2.45) is 11.7 Å². The quantitative estimate of drug-likeness (QED) is 0.296. The highest BCUT2D eigenvalue weighted by Crippen LogP contribution is 2.38. The molecule has 1 saturated heterocycles. The molecular weight excluding hydrogens is 536 g/mol. The largest absolute Gasteiger partial charge is 0.368 e. The number of fused-ring (bicyclic) bond motifs is 1. The van der Waals surface area contributed by atoms with E-state index in [2.05, 4.69) is 75.1 Å². The molecule has 6 rings (SSSR count). The lowest BCUT2D eigenvalue weighted by atomic mass is 9.74. The van der Waals surface area contributed by atoms with Gasteiger partial charge in [-0.3, -0.25) is 9.59 Å². The average Bonchev–Trinajstić information content (AvgIpc) is 3.42. The first-order chi connectivity index (χ1) is 21.0. The molecular formula is C35H42N6O2. The van der Waals surface area contributed by atoms with E-state index in [1.807, 2.05) is 30.3 Å². The number of likely N-dealkylation sites (N-methyl/N-ethyl adjacent to an activating group) is 1. The summed E-state index contributed by atoms with van der Waals surface area (Å²) in [5.41, 5.74) is 11.0. The van der Waals surface area contributed by atoms with E-state index < -0.39 is 11.9 Å². The van der Waals surface area contributed by atoms with Crippen LogP contribution in [0.15, 0.2) is 78.9 Å². The third-order valence-corrected chi connectivity index (χ3v) is 9.29. The molecule has 2 aliphatic rings. The van der Waals surface area contributed by atoms with Crippen LogP contribution < -0.4 is 16.0 Å². The molecule has 1 aliphatic heterocycles. The number of anilines is 1. The molecule has 4 aromatic rings. The molecule has 43 heavy (non-hydrogen) atoms. The summed E-state index contributed by atoms with van der Waals surface area (Å²) in [5.74, 6) is 0.296. The number of piperazine rings is 1. The molecule has 1 aliphatic carbocycles. The molecule has 0 spiro atoms. The number of hydrogen-bond donors (Lipinski definition) is 2. The zero-order valence-electron chi connectivity index (χ0n) is 25.0. The van der Waals surface area contributed by atoms with Gasteiger partial charge in [0.15, 0.2) is 0 Å². The maximum Gasteiger partial charge on any atom is 0.244 e. The van der Waals surface area contributed by atoms with E-state index in [9.17, 15) is 9.59 Å². The van der Waals surface area contributed by atoms with Crippen molar-refractivity contribution in [3.8, 4) is 0 Å². The Balaban J connectivity index is 1.20. The van der Waals surface area contributed by atoms with Crippen molar-refractivity contribution < 1.29 is 9.59 Å². The van der Waals surface area contributed by atoms with E-state index in [0.717, 1.165) is 81.9 Å². The van der Waals surface area contributed by atoms with E-state index in [-0.39, 0.29) is 17.7 Å². The summed E-state index contributed by atoms with van der Waals surface area (Å²) in [7, 11) is 0. The number of carbonyl (C=O) groups excluding carboxylic acids is 2. The average molecular weight is 579 g/mol. The second-order valence-electron chi connectivity index (χ2n) is 11.9. The van der Waals surface area contributed by atoms with Gasteiger partial charge in [0, 0.05) is 32.1 Å². The Kier molecular flexibility index (Phi) is 8.74. The van der Waals surface area contributed by atoms with Crippen LogP contribution in [0.25, 0.3) is 11.0 Å². The smallest absolute Gasteiger partial charge is 0.244 e. The zero-order chi connectivity index (χ0) is 29.8. The lowest BCUT2D eigenvalue weighted by Crippen LogP contribution is -2.47. The van der Waals surface area contributed by atoms with Crippen molar-refractivity contribution in [3.05, 3.63) is 95.6 Å². The first-order valence-electron chi connectivity index (χ1n) is 15.7. The van der Waals surface area contributed by atoms with Crippen LogP contribution in [0, 0.1) is 5.92 Å². The standard InChI is InChI=1S/C35H42N6O2/c1-2-39-20-22-40(23-21-39)35-37-30-14-8-9-15-31(30)41(35)24-25-16-18-26(19-17-25)28-12-6-7-13-29(28)34(43)38-32(33(36)42)27-10-4-3-5-11-27/h3-5,8-11,14-19,28-29,32H,2,6-7,12-13,20-24H2,1H3,(H2,36,42)(H,38,43)/t28?,29-,32+/m1/s1. The number of para-hydroxylation sites is 2. The minimum Gasteiger partial charge on any atom is -0.368 e. The molecule has 3 atom stereocenters. The van der Waals surface area contributed by atoms with Gasteiger partial charge in [0.1, 0.15) is 6.04 Å². The second kappa shape index (κ2) is 13.0. The van der Waals surface area contributed by atoms with Crippen LogP contribution in [0.2, 0.25) is 0 Å². The minimum atomic E-state index is -0.831. The number of imidazole rings is 1. The van der Waals surface area contributed by atoms with E-state index in [1.165, 1.54) is 11.1 Å². The molecule has 224 valence electrons. The predicted molar refractivity (Wildman–Crippen MR) is 171 cm³/mol. The Bertz CT molecular complexity index is 1540. The van der Waals surface area contributed by atoms with E-state index in [4.69, 9.17) is 10.7 Å². The van der Waals surface area contributed by atoms with Crippen molar-refractivity contribution in [2.75, 3.05) is 37.6 Å². The molecule has 3 N–H and O–H groups in total. The highest BCUT2D eigenvalue weighted by Gasteiger charge is 2.34. The van der Waals surface area contributed by atoms with Gasteiger partial charge in [0.25, 0.3) is 0 Å². The van der Waals surface area contributed by atoms with Crippen molar-refractivity contribution in [2.45, 2.75) is 51.1 Å². The topological polar surface area (TPSA) is 96.5 Å². The Morgan fingerprint density at radius 2 is 1.60 bits per heavy atom. The zero-order valence-corrected chi connectivity index (χ0v) is 25.0. The van der Waals surface area contributed by atoms with E-state index in [1.54, 1.807) is 0 Å². The summed E-state index contributed by atoms with van der Waals surface area (Å²) in [6.45, 7) is 8.09. The number of benzene rings is 3. The number of rotatable bonds is 9. The first-order valence-corrected chi connectivity index (χ1v) is 15.7. The number of carbonyl (C=O) groups is 2. The molecule has 2 amide bonds. The summed E-state index contributed by atoms with van der Waals surface area (Å²) in [5, 5.41) is 2.97. The lowest BCUT2D eigenvalue weighted by molar-refractivity contribution is -0.131. The molecule has 3 aromatic carbocycles. The summed E-state index contributed by atoms with van der Waals surface area (Å²) in [6, 6.07) is 25.6. The first kappa shape index (κ1) is 28.9. The summed E-state index contributed by atoms with van der Waals surface area (Å²) in [4.78, 5) is 35.8. The Morgan fingerprint density at radius 1 is 0.907 bits per heavy atom. The lowest BCUT2D eigenvalue weighted by Gasteiger charge is -2.35. The third-order valence-electron chi connectivity index (χ3n) is 9.29. The highest BCUT2D eigenvalue weighted by atomic mass is 16.2. The number of amides is 2. The van der Waals surface area contributed by atoms with Crippen molar-refractivity contribution in [1.82, 2.24) is 19.8 Å². The molecule has 0 radical (unpaired) electrons. The third kappa shape index (κ3) is 6.30. The van der Waals surface area contributed by atoms with Crippen LogP contribution >= 0.6 is 0 Å². The van der Waals surface area contributed by atoms with Gasteiger partial charge >= 0.3 is 0 Å².